The number of hydrogen-bond acceptors (Lipinski definition) is 3. The summed E-state index contributed by atoms with van der Waals surface area (Å²) in [5.41, 5.74) is 0.534. The van der Waals surface area contributed by atoms with E-state index in [1.54, 1.807) is 0 Å². The standard InChI is InChI=1S/C16H23ClN2O2/c1-16(2,7-11-4-3-5-13(17)6-11)15(21)19-9-12-8-18-10-14(12)20/h3-6,12,14,18,20H,7-10H2,1-2H3,(H,19,21). The summed E-state index contributed by atoms with van der Waals surface area (Å²) in [5, 5.41) is 16.5. The van der Waals surface area contributed by atoms with Gasteiger partial charge in [-0.05, 0) is 24.1 Å². The zero-order chi connectivity index (χ0) is 15.5. The first-order chi connectivity index (χ1) is 9.88. The maximum atomic E-state index is 12.4. The Morgan fingerprint density at radius 1 is 1.48 bits per heavy atom. The number of hydrogen-bond donors (Lipinski definition) is 3. The maximum absolute atomic E-state index is 12.4. The van der Waals surface area contributed by atoms with Crippen molar-refractivity contribution in [2.24, 2.45) is 11.3 Å². The Labute approximate surface area is 130 Å². The molecule has 116 valence electrons. The quantitative estimate of drug-likeness (QED) is 0.774. The van der Waals surface area contributed by atoms with Crippen LogP contribution in [0.25, 0.3) is 0 Å². The van der Waals surface area contributed by atoms with E-state index in [4.69, 9.17) is 11.6 Å². The third-order valence-corrected chi connectivity index (χ3v) is 4.21. The smallest absolute Gasteiger partial charge is 0.226 e. The number of carbonyl (C=O) groups is 1. The third kappa shape index (κ3) is 4.43. The van der Waals surface area contributed by atoms with Crippen molar-refractivity contribution in [3.05, 3.63) is 34.9 Å². The Kier molecular flexibility index (Phi) is 5.25. The Morgan fingerprint density at radius 2 is 2.24 bits per heavy atom. The largest absolute Gasteiger partial charge is 0.391 e. The highest BCUT2D eigenvalue weighted by Gasteiger charge is 2.30. The molecule has 1 fully saturated rings. The molecule has 0 radical (unpaired) electrons. The highest BCUT2D eigenvalue weighted by Crippen LogP contribution is 2.24. The van der Waals surface area contributed by atoms with Crippen LogP contribution >= 0.6 is 11.6 Å². The minimum Gasteiger partial charge on any atom is -0.391 e. The second-order valence-corrected chi connectivity index (χ2v) is 6.82. The molecule has 0 aromatic heterocycles. The molecule has 0 saturated carbocycles. The Balaban J connectivity index is 1.90. The second kappa shape index (κ2) is 6.77. The molecule has 3 N–H and O–H groups in total. The number of rotatable bonds is 5. The molecule has 0 aliphatic carbocycles. The number of β-amino-alcohol motifs (C(OH)–C–C–N with tert-alkyl or cyclic N) is 1. The van der Waals surface area contributed by atoms with E-state index in [2.05, 4.69) is 10.6 Å². The van der Waals surface area contributed by atoms with E-state index < -0.39 is 5.41 Å². The van der Waals surface area contributed by atoms with E-state index in [-0.39, 0.29) is 17.9 Å². The lowest BCUT2D eigenvalue weighted by Crippen LogP contribution is -2.42. The van der Waals surface area contributed by atoms with Gasteiger partial charge in [0.1, 0.15) is 0 Å². The van der Waals surface area contributed by atoms with Gasteiger partial charge in [0.15, 0.2) is 0 Å². The zero-order valence-electron chi connectivity index (χ0n) is 12.5. The first kappa shape index (κ1) is 16.3. The molecule has 0 bridgehead atoms. The molecule has 2 atom stereocenters. The SMILES string of the molecule is CC(C)(Cc1cccc(Cl)c1)C(=O)NCC1CNCC1O. The predicted molar refractivity (Wildman–Crippen MR) is 84.3 cm³/mol. The molecule has 1 aliphatic rings. The van der Waals surface area contributed by atoms with E-state index in [1.807, 2.05) is 38.1 Å². The minimum atomic E-state index is -0.512. The topological polar surface area (TPSA) is 61.4 Å². The highest BCUT2D eigenvalue weighted by molar-refractivity contribution is 6.30. The fourth-order valence-corrected chi connectivity index (χ4v) is 2.84. The molecule has 1 saturated heterocycles. The summed E-state index contributed by atoms with van der Waals surface area (Å²) in [6.07, 6.45) is 0.256. The molecule has 1 aliphatic heterocycles. The van der Waals surface area contributed by atoms with Crippen molar-refractivity contribution in [3.8, 4) is 0 Å². The van der Waals surface area contributed by atoms with Crippen molar-refractivity contribution < 1.29 is 9.90 Å². The molecule has 0 spiro atoms. The predicted octanol–water partition coefficient (Wildman–Crippen LogP) is 1.61. The van der Waals surface area contributed by atoms with Crippen LogP contribution in [0.15, 0.2) is 24.3 Å². The molecule has 1 aromatic rings. The zero-order valence-corrected chi connectivity index (χ0v) is 13.3. The molecule has 1 aromatic carbocycles. The molecular weight excluding hydrogens is 288 g/mol. The summed E-state index contributed by atoms with van der Waals surface area (Å²) < 4.78 is 0. The van der Waals surface area contributed by atoms with Crippen LogP contribution in [0.4, 0.5) is 0 Å². The lowest BCUT2D eigenvalue weighted by Gasteiger charge is -2.25. The Hall–Kier alpha value is -1.10. The molecule has 4 nitrogen and oxygen atoms in total. The first-order valence-electron chi connectivity index (χ1n) is 7.30. The van der Waals surface area contributed by atoms with Crippen LogP contribution in [0.3, 0.4) is 0 Å². The summed E-state index contributed by atoms with van der Waals surface area (Å²) >= 11 is 5.98. The highest BCUT2D eigenvalue weighted by atomic mass is 35.5. The van der Waals surface area contributed by atoms with Gasteiger partial charge in [0.2, 0.25) is 5.91 Å². The maximum Gasteiger partial charge on any atom is 0.226 e. The lowest BCUT2D eigenvalue weighted by atomic mass is 9.84. The van der Waals surface area contributed by atoms with E-state index in [9.17, 15) is 9.90 Å². The van der Waals surface area contributed by atoms with Crippen LogP contribution in [0.1, 0.15) is 19.4 Å². The lowest BCUT2D eigenvalue weighted by molar-refractivity contribution is -0.129. The molecule has 5 heteroatoms. The fourth-order valence-electron chi connectivity index (χ4n) is 2.63. The van der Waals surface area contributed by atoms with Crippen molar-refractivity contribution >= 4 is 17.5 Å². The van der Waals surface area contributed by atoms with Crippen molar-refractivity contribution in [2.45, 2.75) is 26.4 Å². The average Bonchev–Trinajstić information content (AvgIpc) is 2.81. The van der Waals surface area contributed by atoms with Gasteiger partial charge in [-0.1, -0.05) is 37.6 Å². The van der Waals surface area contributed by atoms with Gasteiger partial charge < -0.3 is 15.7 Å². The first-order valence-corrected chi connectivity index (χ1v) is 7.68. The van der Waals surface area contributed by atoms with Crippen molar-refractivity contribution in [3.63, 3.8) is 0 Å². The van der Waals surface area contributed by atoms with E-state index in [0.29, 0.717) is 24.5 Å². The van der Waals surface area contributed by atoms with Gasteiger partial charge in [-0.15, -0.1) is 0 Å². The van der Waals surface area contributed by atoms with Gasteiger partial charge in [-0.2, -0.15) is 0 Å². The molecule has 2 unspecified atom stereocenters. The Morgan fingerprint density at radius 3 is 2.86 bits per heavy atom. The van der Waals surface area contributed by atoms with E-state index in [0.717, 1.165) is 12.1 Å². The molecule has 1 heterocycles. The third-order valence-electron chi connectivity index (χ3n) is 3.98. The number of halogens is 1. The van der Waals surface area contributed by atoms with Crippen LogP contribution in [0.2, 0.25) is 5.02 Å². The Bertz CT molecular complexity index is 505. The summed E-state index contributed by atoms with van der Waals surface area (Å²) in [5.74, 6) is 0.0949. The van der Waals surface area contributed by atoms with Gasteiger partial charge in [0.25, 0.3) is 0 Å². The normalized spacial score (nSPS) is 22.3. The summed E-state index contributed by atoms with van der Waals surface area (Å²) in [4.78, 5) is 12.4. The number of aliphatic hydroxyl groups excluding tert-OH is 1. The van der Waals surface area contributed by atoms with Crippen LogP contribution in [0.5, 0.6) is 0 Å². The van der Waals surface area contributed by atoms with Gasteiger partial charge in [0, 0.05) is 36.0 Å². The van der Waals surface area contributed by atoms with Gasteiger partial charge in [-0.25, -0.2) is 0 Å². The monoisotopic (exact) mass is 310 g/mol. The van der Waals surface area contributed by atoms with Gasteiger partial charge in [-0.3, -0.25) is 4.79 Å². The number of benzene rings is 1. The van der Waals surface area contributed by atoms with Gasteiger partial charge in [0.05, 0.1) is 6.10 Å². The molecule has 21 heavy (non-hydrogen) atoms. The van der Waals surface area contributed by atoms with E-state index in [1.165, 1.54) is 0 Å². The van der Waals surface area contributed by atoms with Crippen LogP contribution in [-0.4, -0.2) is 36.8 Å². The average molecular weight is 311 g/mol. The summed E-state index contributed by atoms with van der Waals surface area (Å²) in [7, 11) is 0. The van der Waals surface area contributed by atoms with Crippen LogP contribution in [0, 0.1) is 11.3 Å². The number of amides is 1. The van der Waals surface area contributed by atoms with Crippen molar-refractivity contribution in [2.75, 3.05) is 19.6 Å². The van der Waals surface area contributed by atoms with Crippen molar-refractivity contribution in [1.29, 1.82) is 0 Å². The summed E-state index contributed by atoms with van der Waals surface area (Å²) in [6.45, 7) is 5.70. The molecule has 1 amide bonds. The van der Waals surface area contributed by atoms with Crippen LogP contribution < -0.4 is 10.6 Å². The van der Waals surface area contributed by atoms with E-state index >= 15 is 0 Å². The van der Waals surface area contributed by atoms with Crippen LogP contribution in [-0.2, 0) is 11.2 Å². The minimum absolute atomic E-state index is 0.00146. The molecular formula is C16H23ClN2O2. The number of aliphatic hydroxyl groups is 1. The fraction of sp³-hybridized carbons (Fsp3) is 0.562. The van der Waals surface area contributed by atoms with Crippen molar-refractivity contribution in [1.82, 2.24) is 10.6 Å². The molecule has 2 rings (SSSR count). The van der Waals surface area contributed by atoms with Gasteiger partial charge >= 0.3 is 0 Å². The number of carbonyl (C=O) groups excluding carboxylic acids is 1. The second-order valence-electron chi connectivity index (χ2n) is 6.39. The summed E-state index contributed by atoms with van der Waals surface area (Å²) in [6, 6.07) is 7.59. The number of nitrogens with one attached hydrogen (secondary N) is 2.